The lowest BCUT2D eigenvalue weighted by molar-refractivity contribution is 0.188. The van der Waals surface area contributed by atoms with Crippen LogP contribution in [0.4, 0.5) is 5.82 Å². The van der Waals surface area contributed by atoms with Gasteiger partial charge in [0, 0.05) is 43.9 Å². The normalized spacial score (nSPS) is 15.0. The van der Waals surface area contributed by atoms with Gasteiger partial charge >= 0.3 is 0 Å². The first kappa shape index (κ1) is 18.5. The van der Waals surface area contributed by atoms with E-state index >= 15 is 0 Å². The minimum absolute atomic E-state index is 0.196. The Hall–Kier alpha value is -2.83. The van der Waals surface area contributed by atoms with Crippen LogP contribution in [0, 0.1) is 6.92 Å². The van der Waals surface area contributed by atoms with Crippen LogP contribution in [0.25, 0.3) is 22.6 Å². The number of hydrogen-bond donors (Lipinski definition) is 1. The molecule has 0 aliphatic carbocycles. The highest BCUT2D eigenvalue weighted by Crippen LogP contribution is 2.29. The van der Waals surface area contributed by atoms with E-state index in [4.69, 9.17) is 4.98 Å². The van der Waals surface area contributed by atoms with Crippen molar-refractivity contribution in [3.8, 4) is 22.6 Å². The number of aromatic nitrogens is 3. The van der Waals surface area contributed by atoms with Gasteiger partial charge in [0.15, 0.2) is 11.6 Å². The number of β-amino-alcohol motifs (C(OH)–C–C–N with tert-alkyl or cyclic N) is 1. The summed E-state index contributed by atoms with van der Waals surface area (Å²) in [6.45, 7) is 6.50. The number of rotatable bonds is 5. The van der Waals surface area contributed by atoms with Gasteiger partial charge in [0.2, 0.25) is 0 Å². The number of piperazine rings is 1. The van der Waals surface area contributed by atoms with E-state index in [0.29, 0.717) is 5.82 Å². The van der Waals surface area contributed by atoms with Gasteiger partial charge in [-0.05, 0) is 6.92 Å². The molecule has 1 saturated heterocycles. The maximum atomic E-state index is 9.19. The third-order valence-electron chi connectivity index (χ3n) is 5.11. The number of benzene rings is 2. The lowest BCUT2D eigenvalue weighted by Gasteiger charge is -2.35. The van der Waals surface area contributed by atoms with Crippen molar-refractivity contribution in [1.82, 2.24) is 20.1 Å². The molecule has 3 aromatic rings. The van der Waals surface area contributed by atoms with Crippen LogP contribution in [0.2, 0.25) is 0 Å². The third-order valence-corrected chi connectivity index (χ3v) is 5.11. The average Bonchev–Trinajstić information content (AvgIpc) is 2.75. The van der Waals surface area contributed by atoms with Crippen LogP contribution in [0.3, 0.4) is 0 Å². The van der Waals surface area contributed by atoms with E-state index in [1.807, 2.05) is 30.3 Å². The van der Waals surface area contributed by atoms with Crippen LogP contribution in [-0.2, 0) is 0 Å². The fourth-order valence-electron chi connectivity index (χ4n) is 3.47. The fraction of sp³-hybridized carbons (Fsp3) is 0.318. The molecule has 1 aromatic heterocycles. The topological polar surface area (TPSA) is 65.4 Å². The fourth-order valence-corrected chi connectivity index (χ4v) is 3.47. The maximum absolute atomic E-state index is 9.19. The zero-order valence-corrected chi connectivity index (χ0v) is 16.1. The monoisotopic (exact) mass is 375 g/mol. The first-order valence-corrected chi connectivity index (χ1v) is 9.70. The first-order valence-electron chi connectivity index (χ1n) is 9.70. The summed E-state index contributed by atoms with van der Waals surface area (Å²) < 4.78 is 0. The molecule has 144 valence electrons. The van der Waals surface area contributed by atoms with Crippen molar-refractivity contribution in [3.63, 3.8) is 0 Å². The van der Waals surface area contributed by atoms with Gasteiger partial charge in [0.05, 0.1) is 6.61 Å². The Morgan fingerprint density at radius 3 is 2.25 bits per heavy atom. The summed E-state index contributed by atoms with van der Waals surface area (Å²) in [7, 11) is 0. The molecule has 0 atom stereocenters. The molecule has 2 heterocycles. The van der Waals surface area contributed by atoms with Gasteiger partial charge in [-0.3, -0.25) is 4.90 Å². The Balaban J connectivity index is 1.71. The van der Waals surface area contributed by atoms with E-state index in [1.54, 1.807) is 0 Å². The molecule has 0 saturated carbocycles. The largest absolute Gasteiger partial charge is 0.395 e. The number of anilines is 1. The van der Waals surface area contributed by atoms with Crippen molar-refractivity contribution >= 4 is 5.82 Å². The molecule has 0 unspecified atom stereocenters. The predicted molar refractivity (Wildman–Crippen MR) is 111 cm³/mol. The van der Waals surface area contributed by atoms with Gasteiger partial charge in [-0.25, -0.2) is 4.98 Å². The van der Waals surface area contributed by atoms with Crippen LogP contribution in [0.5, 0.6) is 0 Å². The minimum atomic E-state index is 0.196. The minimum Gasteiger partial charge on any atom is -0.395 e. The second kappa shape index (κ2) is 8.46. The Bertz CT molecular complexity index is 906. The summed E-state index contributed by atoms with van der Waals surface area (Å²) in [4.78, 5) is 9.48. The Morgan fingerprint density at radius 2 is 1.57 bits per heavy atom. The van der Waals surface area contributed by atoms with Crippen LogP contribution in [0.1, 0.15) is 5.56 Å². The molecule has 1 aliphatic heterocycles. The SMILES string of the molecule is Cc1ccc(-c2nnc(-c3ccccc3)nc2N2CCN(CCO)CC2)cc1. The number of aliphatic hydroxyl groups is 1. The predicted octanol–water partition coefficient (Wildman–Crippen LogP) is 2.63. The van der Waals surface area contributed by atoms with Crippen molar-refractivity contribution in [3.05, 3.63) is 60.2 Å². The molecule has 6 nitrogen and oxygen atoms in total. The Morgan fingerprint density at radius 1 is 0.857 bits per heavy atom. The maximum Gasteiger partial charge on any atom is 0.183 e. The van der Waals surface area contributed by atoms with Gasteiger partial charge < -0.3 is 10.0 Å². The summed E-state index contributed by atoms with van der Waals surface area (Å²) in [6.07, 6.45) is 0. The smallest absolute Gasteiger partial charge is 0.183 e. The molecular formula is C22H25N5O. The van der Waals surface area contributed by atoms with Crippen molar-refractivity contribution in [2.24, 2.45) is 0 Å². The number of aliphatic hydroxyl groups excluding tert-OH is 1. The second-order valence-electron chi connectivity index (χ2n) is 7.09. The molecule has 1 fully saturated rings. The van der Waals surface area contributed by atoms with Gasteiger partial charge in [0.25, 0.3) is 0 Å². The summed E-state index contributed by atoms with van der Waals surface area (Å²) in [5.41, 5.74) is 4.02. The summed E-state index contributed by atoms with van der Waals surface area (Å²) in [5, 5.41) is 18.2. The van der Waals surface area contributed by atoms with E-state index < -0.39 is 0 Å². The van der Waals surface area contributed by atoms with Crippen LogP contribution < -0.4 is 4.90 Å². The zero-order chi connectivity index (χ0) is 19.3. The zero-order valence-electron chi connectivity index (χ0n) is 16.1. The van der Waals surface area contributed by atoms with Crippen molar-refractivity contribution < 1.29 is 5.11 Å². The number of hydrogen-bond acceptors (Lipinski definition) is 6. The molecule has 0 spiro atoms. The molecule has 0 radical (unpaired) electrons. The van der Waals surface area contributed by atoms with Gasteiger partial charge in [0.1, 0.15) is 5.69 Å². The van der Waals surface area contributed by atoms with Gasteiger partial charge in [-0.1, -0.05) is 60.2 Å². The molecule has 6 heteroatoms. The van der Waals surface area contributed by atoms with Crippen LogP contribution >= 0.6 is 0 Å². The molecule has 2 aromatic carbocycles. The number of nitrogens with zero attached hydrogens (tertiary/aromatic N) is 5. The van der Waals surface area contributed by atoms with E-state index in [0.717, 1.165) is 55.4 Å². The molecule has 1 N–H and O–H groups in total. The molecule has 0 amide bonds. The Kier molecular flexibility index (Phi) is 5.60. The van der Waals surface area contributed by atoms with E-state index in [1.165, 1.54) is 5.56 Å². The second-order valence-corrected chi connectivity index (χ2v) is 7.09. The Labute approximate surface area is 165 Å². The lowest BCUT2D eigenvalue weighted by atomic mass is 10.1. The molecule has 4 rings (SSSR count). The van der Waals surface area contributed by atoms with Crippen molar-refractivity contribution in [2.45, 2.75) is 6.92 Å². The molecule has 28 heavy (non-hydrogen) atoms. The van der Waals surface area contributed by atoms with E-state index in [2.05, 4.69) is 51.2 Å². The van der Waals surface area contributed by atoms with Crippen LogP contribution in [-0.4, -0.2) is 64.5 Å². The van der Waals surface area contributed by atoms with Crippen molar-refractivity contribution in [2.75, 3.05) is 44.2 Å². The first-order chi connectivity index (χ1) is 13.7. The van der Waals surface area contributed by atoms with Crippen LogP contribution in [0.15, 0.2) is 54.6 Å². The lowest BCUT2D eigenvalue weighted by Crippen LogP contribution is -2.47. The van der Waals surface area contributed by atoms with Gasteiger partial charge in [-0.2, -0.15) is 0 Å². The molecule has 1 aliphatic rings. The van der Waals surface area contributed by atoms with Gasteiger partial charge in [-0.15, -0.1) is 10.2 Å². The summed E-state index contributed by atoms with van der Waals surface area (Å²) >= 11 is 0. The average molecular weight is 375 g/mol. The highest BCUT2D eigenvalue weighted by atomic mass is 16.3. The molecule has 0 bridgehead atoms. The van der Waals surface area contributed by atoms with E-state index in [-0.39, 0.29) is 6.61 Å². The quantitative estimate of drug-likeness (QED) is 0.740. The van der Waals surface area contributed by atoms with Crippen molar-refractivity contribution in [1.29, 1.82) is 0 Å². The van der Waals surface area contributed by atoms with E-state index in [9.17, 15) is 5.11 Å². The highest BCUT2D eigenvalue weighted by Gasteiger charge is 2.23. The summed E-state index contributed by atoms with van der Waals surface area (Å²) in [5.74, 6) is 1.52. The standard InChI is InChI=1S/C22H25N5O/c1-17-7-9-18(10-8-17)20-22(27-13-11-26(12-14-27)15-16-28)23-21(25-24-20)19-5-3-2-4-6-19/h2-10,28H,11-16H2,1H3. The number of aryl methyl sites for hydroxylation is 1. The highest BCUT2D eigenvalue weighted by molar-refractivity contribution is 5.73. The molecular weight excluding hydrogens is 350 g/mol. The third kappa shape index (κ3) is 4.03. The summed E-state index contributed by atoms with van der Waals surface area (Å²) in [6, 6.07) is 18.3.